The first-order valence-electron chi connectivity index (χ1n) is 9.61. The number of aromatic hydroxyl groups is 1. The van der Waals surface area contributed by atoms with Crippen molar-refractivity contribution in [2.75, 3.05) is 13.8 Å². The highest BCUT2D eigenvalue weighted by Gasteiger charge is 2.17. The summed E-state index contributed by atoms with van der Waals surface area (Å²) in [5, 5.41) is 15.7. The molecule has 0 saturated carbocycles. The molecule has 0 spiro atoms. The highest BCUT2D eigenvalue weighted by molar-refractivity contribution is 9.10. The molecule has 0 saturated heterocycles. The third-order valence-corrected chi connectivity index (χ3v) is 5.56. The van der Waals surface area contributed by atoms with Gasteiger partial charge in [-0.15, -0.1) is 0 Å². The predicted molar refractivity (Wildman–Crippen MR) is 123 cm³/mol. The number of halogens is 2. The Hall–Kier alpha value is -3.16. The highest BCUT2D eigenvalue weighted by atomic mass is 79.9. The molecule has 158 valence electrons. The maximum atomic E-state index is 13.3. The van der Waals surface area contributed by atoms with Crippen LogP contribution in [0.1, 0.15) is 11.1 Å². The van der Waals surface area contributed by atoms with E-state index in [1.54, 1.807) is 36.2 Å². The third-order valence-electron chi connectivity index (χ3n) is 5.07. The number of ether oxygens (including phenoxy) is 1. The second kappa shape index (κ2) is 8.91. The molecule has 0 aliphatic heterocycles. The van der Waals surface area contributed by atoms with Crippen LogP contribution in [0.3, 0.4) is 0 Å². The summed E-state index contributed by atoms with van der Waals surface area (Å²) in [6.07, 6.45) is 1.78. The van der Waals surface area contributed by atoms with Gasteiger partial charge in [0.2, 0.25) is 0 Å². The lowest BCUT2D eigenvalue weighted by molar-refractivity contribution is 0.0987. The van der Waals surface area contributed by atoms with Crippen LogP contribution in [0.5, 0.6) is 5.75 Å². The smallest absolute Gasteiger partial charge is 0.123 e. The summed E-state index contributed by atoms with van der Waals surface area (Å²) in [6, 6.07) is 17.5. The van der Waals surface area contributed by atoms with Crippen molar-refractivity contribution in [2.45, 2.75) is 6.54 Å². The molecule has 0 aliphatic carbocycles. The van der Waals surface area contributed by atoms with Crippen LogP contribution in [0, 0.1) is 5.82 Å². The monoisotopic (exact) mass is 481 g/mol. The quantitative estimate of drug-likeness (QED) is 0.343. The molecule has 1 N–H and O–H groups in total. The van der Waals surface area contributed by atoms with E-state index in [1.165, 1.54) is 12.1 Å². The van der Waals surface area contributed by atoms with Gasteiger partial charge in [-0.05, 0) is 42.5 Å². The Balaban J connectivity index is 1.70. The minimum absolute atomic E-state index is 0.200. The van der Waals surface area contributed by atoms with E-state index < -0.39 is 0 Å². The molecular weight excluding hydrogens is 461 g/mol. The maximum absolute atomic E-state index is 13.3. The topological polar surface area (TPSA) is 50.5 Å². The molecule has 0 amide bonds. The zero-order chi connectivity index (χ0) is 22.0. The van der Waals surface area contributed by atoms with Gasteiger partial charge in [-0.25, -0.2) is 9.07 Å². The number of methoxy groups -OCH3 is 1. The zero-order valence-electron chi connectivity index (χ0n) is 16.9. The number of phenolic OH excluding ortho intramolecular Hbond substituents is 1. The van der Waals surface area contributed by atoms with Gasteiger partial charge in [0.05, 0.1) is 17.4 Å². The SMILES string of the molecule is C=C(c1cccc2c1cnn2-c1ccc(F)cc1)N(COC)Cc1ccc(Br)cc1O. The van der Waals surface area contributed by atoms with Crippen LogP contribution in [-0.2, 0) is 11.3 Å². The van der Waals surface area contributed by atoms with Crippen LogP contribution in [0.4, 0.5) is 4.39 Å². The van der Waals surface area contributed by atoms with Gasteiger partial charge in [-0.1, -0.05) is 40.7 Å². The fraction of sp³-hybridized carbons (Fsp3) is 0.125. The zero-order valence-corrected chi connectivity index (χ0v) is 18.5. The molecule has 4 aromatic rings. The van der Waals surface area contributed by atoms with Gasteiger partial charge in [-0.3, -0.25) is 0 Å². The van der Waals surface area contributed by atoms with Crippen molar-refractivity contribution in [2.24, 2.45) is 0 Å². The van der Waals surface area contributed by atoms with E-state index >= 15 is 0 Å². The Morgan fingerprint density at radius 2 is 1.97 bits per heavy atom. The van der Waals surface area contributed by atoms with E-state index in [9.17, 15) is 9.50 Å². The standard InChI is InChI=1S/C24H21BrFN3O2/c1-16(28(15-31-2)14-17-6-7-18(25)12-24(17)30)21-4-3-5-23-22(21)13-27-29(23)20-10-8-19(26)9-11-20/h3-13,30H,1,14-15H2,2H3. The molecule has 0 atom stereocenters. The Labute approximate surface area is 188 Å². The number of hydrogen-bond donors (Lipinski definition) is 1. The average molecular weight is 482 g/mol. The second-order valence-corrected chi connectivity index (χ2v) is 8.02. The van der Waals surface area contributed by atoms with Crippen molar-refractivity contribution in [1.29, 1.82) is 0 Å². The molecule has 1 heterocycles. The lowest BCUT2D eigenvalue weighted by Gasteiger charge is -2.27. The van der Waals surface area contributed by atoms with Crippen molar-refractivity contribution >= 4 is 32.5 Å². The van der Waals surface area contributed by atoms with Crippen LogP contribution in [0.2, 0.25) is 0 Å². The molecule has 0 aliphatic rings. The number of benzene rings is 3. The number of phenols is 1. The molecule has 3 aromatic carbocycles. The fourth-order valence-corrected chi connectivity index (χ4v) is 3.86. The predicted octanol–water partition coefficient (Wildman–Crippen LogP) is 5.71. The van der Waals surface area contributed by atoms with E-state index in [2.05, 4.69) is 27.6 Å². The first-order valence-corrected chi connectivity index (χ1v) is 10.4. The molecule has 0 fully saturated rings. The summed E-state index contributed by atoms with van der Waals surface area (Å²) in [4.78, 5) is 1.95. The molecular formula is C24H21BrFN3O2. The summed E-state index contributed by atoms with van der Waals surface area (Å²) < 4.78 is 21.3. The van der Waals surface area contributed by atoms with Crippen molar-refractivity contribution in [1.82, 2.24) is 14.7 Å². The van der Waals surface area contributed by atoms with Crippen LogP contribution in [0.15, 0.2) is 77.9 Å². The molecule has 0 bridgehead atoms. The average Bonchev–Trinajstić information content (AvgIpc) is 3.19. The highest BCUT2D eigenvalue weighted by Crippen LogP contribution is 2.31. The number of nitrogens with zero attached hydrogens (tertiary/aromatic N) is 3. The Morgan fingerprint density at radius 1 is 1.19 bits per heavy atom. The summed E-state index contributed by atoms with van der Waals surface area (Å²) in [5.74, 6) is -0.0914. The van der Waals surface area contributed by atoms with Gasteiger partial charge in [0.1, 0.15) is 18.3 Å². The van der Waals surface area contributed by atoms with Crippen LogP contribution < -0.4 is 0 Å². The minimum atomic E-state index is -0.291. The maximum Gasteiger partial charge on any atom is 0.123 e. The van der Waals surface area contributed by atoms with Crippen molar-refractivity contribution in [3.63, 3.8) is 0 Å². The van der Waals surface area contributed by atoms with Gasteiger partial charge in [-0.2, -0.15) is 5.10 Å². The Morgan fingerprint density at radius 3 is 2.68 bits per heavy atom. The molecule has 7 heteroatoms. The van der Waals surface area contributed by atoms with E-state index in [4.69, 9.17) is 4.74 Å². The molecule has 5 nitrogen and oxygen atoms in total. The molecule has 0 radical (unpaired) electrons. The molecule has 31 heavy (non-hydrogen) atoms. The summed E-state index contributed by atoms with van der Waals surface area (Å²) in [7, 11) is 1.62. The Kier molecular flexibility index (Phi) is 6.06. The molecule has 1 aromatic heterocycles. The first kappa shape index (κ1) is 21.1. The summed E-state index contributed by atoms with van der Waals surface area (Å²) in [5.41, 5.74) is 4.06. The van der Waals surface area contributed by atoms with Gasteiger partial charge in [0.15, 0.2) is 0 Å². The van der Waals surface area contributed by atoms with Gasteiger partial charge in [0.25, 0.3) is 0 Å². The van der Waals surface area contributed by atoms with Crippen molar-refractivity contribution < 1.29 is 14.2 Å². The number of aromatic nitrogens is 2. The summed E-state index contributed by atoms with van der Waals surface area (Å²) in [6.45, 7) is 5.03. The van der Waals surface area contributed by atoms with E-state index in [0.29, 0.717) is 13.3 Å². The van der Waals surface area contributed by atoms with Crippen LogP contribution >= 0.6 is 15.9 Å². The lowest BCUT2D eigenvalue weighted by Crippen LogP contribution is -2.23. The summed E-state index contributed by atoms with van der Waals surface area (Å²) >= 11 is 3.37. The van der Waals surface area contributed by atoms with Gasteiger partial charge in [0, 0.05) is 40.3 Å². The third kappa shape index (κ3) is 4.33. The fourth-order valence-electron chi connectivity index (χ4n) is 3.51. The lowest BCUT2D eigenvalue weighted by atomic mass is 10.1. The largest absolute Gasteiger partial charge is 0.508 e. The first-order chi connectivity index (χ1) is 15.0. The van der Waals surface area contributed by atoms with Gasteiger partial charge >= 0.3 is 0 Å². The second-order valence-electron chi connectivity index (χ2n) is 7.11. The minimum Gasteiger partial charge on any atom is -0.508 e. The van der Waals surface area contributed by atoms with Crippen molar-refractivity contribution in [3.05, 3.63) is 94.9 Å². The van der Waals surface area contributed by atoms with Crippen LogP contribution in [-0.4, -0.2) is 33.6 Å². The normalized spacial score (nSPS) is 11.1. The number of hydrogen-bond acceptors (Lipinski definition) is 4. The molecule has 0 unspecified atom stereocenters. The van der Waals surface area contributed by atoms with Gasteiger partial charge < -0.3 is 14.7 Å². The number of fused-ring (bicyclic) bond motifs is 1. The van der Waals surface area contributed by atoms with Crippen molar-refractivity contribution in [3.8, 4) is 11.4 Å². The number of rotatable bonds is 7. The van der Waals surface area contributed by atoms with E-state index in [-0.39, 0.29) is 11.6 Å². The molecule has 4 rings (SSSR count). The Bertz CT molecular complexity index is 1240. The van der Waals surface area contributed by atoms with E-state index in [0.717, 1.165) is 37.9 Å². The van der Waals surface area contributed by atoms with E-state index in [1.807, 2.05) is 35.2 Å². The van der Waals surface area contributed by atoms with Crippen LogP contribution in [0.25, 0.3) is 22.3 Å².